The number of hydrogen-bond donors (Lipinski definition) is 1. The zero-order valence-corrected chi connectivity index (χ0v) is 13.3. The van der Waals surface area contributed by atoms with Crippen LogP contribution < -0.4 is 10.1 Å². The number of rotatable bonds is 5. The van der Waals surface area contributed by atoms with E-state index in [2.05, 4.69) is 21.2 Å². The lowest BCUT2D eigenvalue weighted by atomic mass is 10.3. The number of carbonyl (C=O) groups is 1. The predicted octanol–water partition coefficient (Wildman–Crippen LogP) is 4.19. The number of thioether (sulfide) groups is 1. The van der Waals surface area contributed by atoms with Gasteiger partial charge in [0.2, 0.25) is 5.91 Å². The standard InChI is InChI=1S/C15H14BrNO2S/c1-19-14-5-3-2-4-13(14)17-15(18)10-20-12-8-6-11(16)7-9-12/h2-9H,10H2,1H3,(H,17,18). The molecule has 0 heterocycles. The predicted molar refractivity (Wildman–Crippen MR) is 86.5 cm³/mol. The fourth-order valence-electron chi connectivity index (χ4n) is 1.61. The van der Waals surface area contributed by atoms with Gasteiger partial charge in [0.1, 0.15) is 5.75 Å². The lowest BCUT2D eigenvalue weighted by Crippen LogP contribution is -2.14. The van der Waals surface area contributed by atoms with E-state index >= 15 is 0 Å². The second-order valence-corrected chi connectivity index (χ2v) is 5.96. The van der Waals surface area contributed by atoms with E-state index < -0.39 is 0 Å². The summed E-state index contributed by atoms with van der Waals surface area (Å²) in [4.78, 5) is 13.0. The van der Waals surface area contributed by atoms with Crippen molar-refractivity contribution in [3.8, 4) is 5.75 Å². The second kappa shape index (κ2) is 7.36. The summed E-state index contributed by atoms with van der Waals surface area (Å²) in [6.45, 7) is 0. The molecule has 5 heteroatoms. The molecule has 2 aromatic rings. The third kappa shape index (κ3) is 4.28. The minimum atomic E-state index is -0.0533. The highest BCUT2D eigenvalue weighted by atomic mass is 79.9. The van der Waals surface area contributed by atoms with Crippen LogP contribution in [-0.2, 0) is 4.79 Å². The van der Waals surface area contributed by atoms with Crippen LogP contribution in [0, 0.1) is 0 Å². The van der Waals surface area contributed by atoms with E-state index in [1.165, 1.54) is 11.8 Å². The van der Waals surface area contributed by atoms with Gasteiger partial charge in [0.05, 0.1) is 18.6 Å². The first-order chi connectivity index (χ1) is 9.69. The summed E-state index contributed by atoms with van der Waals surface area (Å²) < 4.78 is 6.22. The minimum absolute atomic E-state index is 0.0533. The highest BCUT2D eigenvalue weighted by Crippen LogP contribution is 2.24. The molecule has 0 bridgehead atoms. The molecule has 0 saturated carbocycles. The average Bonchev–Trinajstić information content (AvgIpc) is 2.47. The Bertz CT molecular complexity index is 587. The number of ether oxygens (including phenoxy) is 1. The number of amides is 1. The molecule has 0 unspecified atom stereocenters. The molecule has 0 aliphatic carbocycles. The Hall–Kier alpha value is -1.46. The van der Waals surface area contributed by atoms with Gasteiger partial charge in [-0.3, -0.25) is 4.79 Å². The van der Waals surface area contributed by atoms with Crippen molar-refractivity contribution in [2.24, 2.45) is 0 Å². The molecule has 0 radical (unpaired) electrons. The number of hydrogen-bond acceptors (Lipinski definition) is 3. The Morgan fingerprint density at radius 1 is 1.20 bits per heavy atom. The van der Waals surface area contributed by atoms with Crippen molar-refractivity contribution in [1.82, 2.24) is 0 Å². The van der Waals surface area contributed by atoms with E-state index in [0.29, 0.717) is 17.2 Å². The van der Waals surface area contributed by atoms with Crippen LogP contribution in [0.4, 0.5) is 5.69 Å². The van der Waals surface area contributed by atoms with Gasteiger partial charge < -0.3 is 10.1 Å². The summed E-state index contributed by atoms with van der Waals surface area (Å²) in [5, 5.41) is 2.85. The SMILES string of the molecule is COc1ccccc1NC(=O)CSc1ccc(Br)cc1. The number of benzene rings is 2. The van der Waals surface area contributed by atoms with E-state index in [0.717, 1.165) is 9.37 Å². The molecule has 1 N–H and O–H groups in total. The van der Waals surface area contributed by atoms with Gasteiger partial charge in [-0.25, -0.2) is 0 Å². The van der Waals surface area contributed by atoms with Crippen molar-refractivity contribution in [3.63, 3.8) is 0 Å². The summed E-state index contributed by atoms with van der Waals surface area (Å²) in [6.07, 6.45) is 0. The molecular weight excluding hydrogens is 338 g/mol. The van der Waals surface area contributed by atoms with Gasteiger partial charge in [0, 0.05) is 9.37 Å². The fourth-order valence-corrected chi connectivity index (χ4v) is 2.58. The van der Waals surface area contributed by atoms with Gasteiger partial charge in [0.15, 0.2) is 0 Å². The minimum Gasteiger partial charge on any atom is -0.495 e. The van der Waals surface area contributed by atoms with E-state index in [1.807, 2.05) is 48.5 Å². The molecule has 0 fully saturated rings. The summed E-state index contributed by atoms with van der Waals surface area (Å²) in [6, 6.07) is 15.2. The first-order valence-electron chi connectivity index (χ1n) is 6.00. The van der Waals surface area contributed by atoms with E-state index in [1.54, 1.807) is 7.11 Å². The van der Waals surface area contributed by atoms with Crippen LogP contribution in [0.15, 0.2) is 57.9 Å². The van der Waals surface area contributed by atoms with Crippen molar-refractivity contribution >= 4 is 39.3 Å². The first-order valence-corrected chi connectivity index (χ1v) is 7.78. The van der Waals surface area contributed by atoms with Crippen molar-refractivity contribution in [2.45, 2.75) is 4.90 Å². The Labute approximate surface area is 130 Å². The topological polar surface area (TPSA) is 38.3 Å². The molecule has 104 valence electrons. The summed E-state index contributed by atoms with van der Waals surface area (Å²) in [5.74, 6) is 0.969. The van der Waals surface area contributed by atoms with E-state index in [-0.39, 0.29) is 5.91 Å². The maximum atomic E-state index is 11.9. The van der Waals surface area contributed by atoms with Gasteiger partial charge in [-0.15, -0.1) is 11.8 Å². The van der Waals surface area contributed by atoms with Gasteiger partial charge in [0.25, 0.3) is 0 Å². The van der Waals surface area contributed by atoms with Gasteiger partial charge in [-0.05, 0) is 36.4 Å². The molecule has 3 nitrogen and oxygen atoms in total. The maximum absolute atomic E-state index is 11.9. The molecule has 0 aliphatic rings. The van der Waals surface area contributed by atoms with Crippen LogP contribution in [0.1, 0.15) is 0 Å². The lowest BCUT2D eigenvalue weighted by molar-refractivity contribution is -0.113. The molecule has 2 rings (SSSR count). The van der Waals surface area contributed by atoms with Crippen LogP contribution in [-0.4, -0.2) is 18.8 Å². The summed E-state index contributed by atoms with van der Waals surface area (Å²) >= 11 is 4.88. The van der Waals surface area contributed by atoms with Crippen molar-refractivity contribution < 1.29 is 9.53 Å². The summed E-state index contributed by atoms with van der Waals surface area (Å²) in [5.41, 5.74) is 0.691. The van der Waals surface area contributed by atoms with E-state index in [4.69, 9.17) is 4.74 Å². The van der Waals surface area contributed by atoms with Crippen LogP contribution in [0.5, 0.6) is 5.75 Å². The first kappa shape index (κ1) is 14.9. The Morgan fingerprint density at radius 2 is 1.90 bits per heavy atom. The monoisotopic (exact) mass is 351 g/mol. The molecule has 1 amide bonds. The number of para-hydroxylation sites is 2. The van der Waals surface area contributed by atoms with Crippen molar-refractivity contribution in [2.75, 3.05) is 18.2 Å². The normalized spacial score (nSPS) is 10.1. The number of carbonyl (C=O) groups excluding carboxylic acids is 1. The zero-order valence-electron chi connectivity index (χ0n) is 10.9. The number of anilines is 1. The Balaban J connectivity index is 1.91. The third-order valence-corrected chi connectivity index (χ3v) is 4.11. The molecule has 0 aromatic heterocycles. The average molecular weight is 352 g/mol. The molecule has 0 atom stereocenters. The summed E-state index contributed by atoms with van der Waals surface area (Å²) in [7, 11) is 1.58. The number of halogens is 1. The van der Waals surface area contributed by atoms with Gasteiger partial charge in [-0.2, -0.15) is 0 Å². The van der Waals surface area contributed by atoms with Gasteiger partial charge >= 0.3 is 0 Å². The molecule has 0 aliphatic heterocycles. The Morgan fingerprint density at radius 3 is 2.60 bits per heavy atom. The van der Waals surface area contributed by atoms with Crippen LogP contribution in [0.3, 0.4) is 0 Å². The highest BCUT2D eigenvalue weighted by molar-refractivity contribution is 9.10. The number of nitrogens with one attached hydrogen (secondary N) is 1. The molecule has 20 heavy (non-hydrogen) atoms. The maximum Gasteiger partial charge on any atom is 0.234 e. The smallest absolute Gasteiger partial charge is 0.234 e. The van der Waals surface area contributed by atoms with Gasteiger partial charge in [-0.1, -0.05) is 28.1 Å². The fraction of sp³-hybridized carbons (Fsp3) is 0.133. The molecule has 2 aromatic carbocycles. The Kier molecular flexibility index (Phi) is 5.49. The van der Waals surface area contributed by atoms with Crippen molar-refractivity contribution in [1.29, 1.82) is 0 Å². The van der Waals surface area contributed by atoms with Crippen molar-refractivity contribution in [3.05, 3.63) is 53.0 Å². The largest absolute Gasteiger partial charge is 0.495 e. The molecular formula is C15H14BrNO2S. The molecule has 0 saturated heterocycles. The molecule has 0 spiro atoms. The van der Waals surface area contributed by atoms with Crippen LogP contribution in [0.25, 0.3) is 0 Å². The second-order valence-electron chi connectivity index (χ2n) is 3.99. The highest BCUT2D eigenvalue weighted by Gasteiger charge is 2.07. The van der Waals surface area contributed by atoms with Crippen LogP contribution >= 0.6 is 27.7 Å². The zero-order chi connectivity index (χ0) is 14.4. The quantitative estimate of drug-likeness (QED) is 0.820. The van der Waals surface area contributed by atoms with E-state index in [9.17, 15) is 4.79 Å². The third-order valence-electron chi connectivity index (χ3n) is 2.56. The lowest BCUT2D eigenvalue weighted by Gasteiger charge is -2.09. The van der Waals surface area contributed by atoms with Crippen LogP contribution in [0.2, 0.25) is 0 Å². The number of methoxy groups -OCH3 is 1.